The van der Waals surface area contributed by atoms with E-state index in [0.29, 0.717) is 30.9 Å². The van der Waals surface area contributed by atoms with Gasteiger partial charge in [-0.15, -0.1) is 0 Å². The van der Waals surface area contributed by atoms with E-state index in [1.165, 1.54) is 43.7 Å². The van der Waals surface area contributed by atoms with Crippen LogP contribution in [0, 0.1) is 11.7 Å². The smallest absolute Gasteiger partial charge is 0.207 e. The summed E-state index contributed by atoms with van der Waals surface area (Å²) in [7, 11) is 0. The van der Waals surface area contributed by atoms with E-state index < -0.39 is 0 Å². The Morgan fingerprint density at radius 3 is 2.66 bits per heavy atom. The topological polar surface area (TPSA) is 74.9 Å². The van der Waals surface area contributed by atoms with Crippen LogP contribution in [-0.2, 0) is 9.53 Å². The van der Waals surface area contributed by atoms with Gasteiger partial charge in [-0.05, 0) is 50.3 Å². The summed E-state index contributed by atoms with van der Waals surface area (Å²) in [5.74, 6) is 1.67. The van der Waals surface area contributed by atoms with E-state index in [1.54, 1.807) is 6.07 Å². The fourth-order valence-corrected chi connectivity index (χ4v) is 5.98. The Bertz CT molecular complexity index is 1010. The van der Waals surface area contributed by atoms with Crippen LogP contribution in [-0.4, -0.2) is 64.4 Å². The van der Waals surface area contributed by atoms with Crippen molar-refractivity contribution in [1.82, 2.24) is 16.0 Å². The first kappa shape index (κ1) is 31.1. The van der Waals surface area contributed by atoms with Crippen LogP contribution in [0.2, 0.25) is 0 Å². The van der Waals surface area contributed by atoms with Gasteiger partial charge in [0, 0.05) is 63.5 Å². The second-order valence-electron chi connectivity index (χ2n) is 11.6. The van der Waals surface area contributed by atoms with E-state index >= 15 is 0 Å². The average Bonchev–Trinajstić information content (AvgIpc) is 3.50. The Morgan fingerprint density at radius 2 is 1.90 bits per heavy atom. The number of ether oxygens (including phenoxy) is 2. The van der Waals surface area contributed by atoms with Crippen molar-refractivity contribution in [2.24, 2.45) is 5.92 Å². The van der Waals surface area contributed by atoms with Crippen LogP contribution in [0.5, 0.6) is 5.75 Å². The summed E-state index contributed by atoms with van der Waals surface area (Å²) in [6.45, 7) is 9.91. The summed E-state index contributed by atoms with van der Waals surface area (Å²) in [5.41, 5.74) is 2.08. The molecule has 8 heteroatoms. The maximum atomic E-state index is 14.6. The van der Waals surface area contributed by atoms with Crippen molar-refractivity contribution in [3.8, 4) is 5.75 Å². The Kier molecular flexibility index (Phi) is 13.0. The minimum atomic E-state index is -0.298. The first-order chi connectivity index (χ1) is 20.1. The molecule has 1 amide bonds. The molecule has 3 aliphatic rings. The Labute approximate surface area is 245 Å². The highest BCUT2D eigenvalue weighted by molar-refractivity contribution is 5.51. The number of hydrogen-bond acceptors (Lipinski definition) is 6. The number of piperazine rings is 1. The Balaban J connectivity index is 1.42. The maximum Gasteiger partial charge on any atom is 0.207 e. The second kappa shape index (κ2) is 17.2. The molecule has 41 heavy (non-hydrogen) atoms. The van der Waals surface area contributed by atoms with Gasteiger partial charge < -0.3 is 30.3 Å². The number of nitrogens with one attached hydrogen (secondary N) is 3. The molecule has 2 unspecified atom stereocenters. The normalized spacial score (nSPS) is 21.1. The third-order valence-electron chi connectivity index (χ3n) is 8.34. The van der Waals surface area contributed by atoms with Crippen LogP contribution >= 0.6 is 0 Å². The summed E-state index contributed by atoms with van der Waals surface area (Å²) < 4.78 is 27.0. The lowest BCUT2D eigenvalue weighted by atomic mass is 9.86. The van der Waals surface area contributed by atoms with Gasteiger partial charge in [0.15, 0.2) is 0 Å². The molecule has 0 bridgehead atoms. The molecule has 2 saturated heterocycles. The van der Waals surface area contributed by atoms with Crippen LogP contribution < -0.4 is 25.6 Å². The monoisotopic (exact) mass is 568 g/mol. The molecule has 0 spiro atoms. The second-order valence-corrected chi connectivity index (χ2v) is 11.6. The highest BCUT2D eigenvalue weighted by Crippen LogP contribution is 2.29. The molecule has 1 aromatic rings. The standard InChI is InChI=1S/C33H49FN4O3/c1-26(40-32-14-15-36-24-32)7-8-28(10-9-27-5-3-2-4-6-27)11-12-31(13-16-37-25-39)41-33-22-29(34)21-30(23-33)38-19-17-35-18-20-38/h7-8,10,21-23,25,27,31-32,35-36H,1-6,9,11-20,24H2,(H,37,39)/b8-7-,28-10+. The van der Waals surface area contributed by atoms with Crippen LogP contribution in [0.4, 0.5) is 10.1 Å². The van der Waals surface area contributed by atoms with Gasteiger partial charge in [0.1, 0.15) is 29.5 Å². The van der Waals surface area contributed by atoms with Crippen molar-refractivity contribution in [3.05, 3.63) is 60.2 Å². The quantitative estimate of drug-likeness (QED) is 0.110. The maximum absolute atomic E-state index is 14.6. The van der Waals surface area contributed by atoms with Gasteiger partial charge in [-0.3, -0.25) is 4.79 Å². The van der Waals surface area contributed by atoms with E-state index in [9.17, 15) is 9.18 Å². The third-order valence-corrected chi connectivity index (χ3v) is 8.34. The van der Waals surface area contributed by atoms with Gasteiger partial charge in [0.05, 0.1) is 0 Å². The van der Waals surface area contributed by atoms with Crippen LogP contribution in [0.25, 0.3) is 0 Å². The van der Waals surface area contributed by atoms with Crippen molar-refractivity contribution in [2.75, 3.05) is 50.7 Å². The molecule has 1 aliphatic carbocycles. The van der Waals surface area contributed by atoms with Gasteiger partial charge in [0.25, 0.3) is 0 Å². The number of carbonyl (C=O) groups is 1. The predicted octanol–water partition coefficient (Wildman–Crippen LogP) is 5.24. The van der Waals surface area contributed by atoms with Gasteiger partial charge >= 0.3 is 0 Å². The van der Waals surface area contributed by atoms with Crippen molar-refractivity contribution in [1.29, 1.82) is 0 Å². The zero-order chi connectivity index (χ0) is 28.7. The number of anilines is 1. The molecule has 2 aliphatic heterocycles. The molecule has 2 atom stereocenters. The lowest BCUT2D eigenvalue weighted by Crippen LogP contribution is -2.43. The first-order valence-corrected chi connectivity index (χ1v) is 15.6. The summed E-state index contributed by atoms with van der Waals surface area (Å²) in [6.07, 6.45) is 18.1. The SMILES string of the molecule is C=C(/C=C\C(=C/CC1CCCCC1)CCC(CCNC=O)Oc1cc(F)cc(N2CCNCC2)c1)OC1CCNC1. The van der Waals surface area contributed by atoms with E-state index in [0.717, 1.165) is 76.6 Å². The molecular weight excluding hydrogens is 519 g/mol. The number of amides is 1. The van der Waals surface area contributed by atoms with Gasteiger partial charge in [-0.25, -0.2) is 4.39 Å². The van der Waals surface area contributed by atoms with E-state index in [4.69, 9.17) is 9.47 Å². The Morgan fingerprint density at radius 1 is 1.07 bits per heavy atom. The predicted molar refractivity (Wildman–Crippen MR) is 164 cm³/mol. The first-order valence-electron chi connectivity index (χ1n) is 15.6. The minimum Gasteiger partial charge on any atom is -0.490 e. The average molecular weight is 569 g/mol. The van der Waals surface area contributed by atoms with Crippen LogP contribution in [0.3, 0.4) is 0 Å². The van der Waals surface area contributed by atoms with E-state index in [2.05, 4.69) is 39.6 Å². The molecule has 1 saturated carbocycles. The molecule has 4 rings (SSSR count). The fourth-order valence-electron chi connectivity index (χ4n) is 5.98. The number of nitrogens with zero attached hydrogens (tertiary/aromatic N) is 1. The Hall–Kier alpha value is -2.84. The summed E-state index contributed by atoms with van der Waals surface area (Å²) in [4.78, 5) is 13.1. The molecule has 1 aromatic carbocycles. The van der Waals surface area contributed by atoms with Crippen LogP contribution in [0.1, 0.15) is 64.2 Å². The largest absolute Gasteiger partial charge is 0.490 e. The van der Waals surface area contributed by atoms with E-state index in [-0.39, 0.29) is 18.0 Å². The molecule has 3 fully saturated rings. The molecule has 0 radical (unpaired) electrons. The molecule has 3 N–H and O–H groups in total. The molecule has 7 nitrogen and oxygen atoms in total. The van der Waals surface area contributed by atoms with Gasteiger partial charge in [-0.1, -0.05) is 56.4 Å². The van der Waals surface area contributed by atoms with Gasteiger partial charge in [-0.2, -0.15) is 0 Å². The van der Waals surface area contributed by atoms with Gasteiger partial charge in [0.2, 0.25) is 6.41 Å². The zero-order valence-corrected chi connectivity index (χ0v) is 24.6. The molecule has 0 aromatic heterocycles. The van der Waals surface area contributed by atoms with Crippen molar-refractivity contribution < 1.29 is 18.7 Å². The zero-order valence-electron chi connectivity index (χ0n) is 24.6. The lowest BCUT2D eigenvalue weighted by Gasteiger charge is -2.30. The molecule has 2 heterocycles. The van der Waals surface area contributed by atoms with Crippen molar-refractivity contribution in [3.63, 3.8) is 0 Å². The van der Waals surface area contributed by atoms with E-state index in [1.807, 2.05) is 12.1 Å². The lowest BCUT2D eigenvalue weighted by molar-refractivity contribution is -0.109. The summed E-state index contributed by atoms with van der Waals surface area (Å²) in [6, 6.07) is 4.98. The number of rotatable bonds is 16. The minimum absolute atomic E-state index is 0.171. The molecule has 226 valence electrons. The number of allylic oxidation sites excluding steroid dienone is 4. The third kappa shape index (κ3) is 11.2. The van der Waals surface area contributed by atoms with Crippen molar-refractivity contribution in [2.45, 2.75) is 76.4 Å². The number of hydrogen-bond donors (Lipinski definition) is 3. The summed E-state index contributed by atoms with van der Waals surface area (Å²) >= 11 is 0. The van der Waals surface area contributed by atoms with Crippen molar-refractivity contribution >= 4 is 12.1 Å². The fraction of sp³-hybridized carbons (Fsp3) is 0.606. The highest BCUT2D eigenvalue weighted by Gasteiger charge is 2.18. The van der Waals surface area contributed by atoms with Crippen LogP contribution in [0.15, 0.2) is 54.3 Å². The number of halogens is 1. The highest BCUT2D eigenvalue weighted by atomic mass is 19.1. The summed E-state index contributed by atoms with van der Waals surface area (Å²) in [5, 5.41) is 9.42. The number of benzene rings is 1. The number of carbonyl (C=O) groups excluding carboxylic acids is 1. The molecular formula is C33H49FN4O3.